The number of benzene rings is 1. The van der Waals surface area contributed by atoms with Crippen molar-refractivity contribution in [1.29, 1.82) is 0 Å². The summed E-state index contributed by atoms with van der Waals surface area (Å²) in [5, 5.41) is 3.08. The Kier molecular flexibility index (Phi) is 5.92. The lowest BCUT2D eigenvalue weighted by Gasteiger charge is -2.13. The maximum absolute atomic E-state index is 11.3. The van der Waals surface area contributed by atoms with E-state index in [1.807, 2.05) is 24.3 Å². The predicted molar refractivity (Wildman–Crippen MR) is 73.1 cm³/mol. The average Bonchev–Trinajstić information content (AvgIpc) is 2.87. The van der Waals surface area contributed by atoms with E-state index in [4.69, 9.17) is 9.47 Å². The van der Waals surface area contributed by atoms with E-state index in [1.165, 1.54) is 7.11 Å². The number of methoxy groups -OCH3 is 2. The van der Waals surface area contributed by atoms with Crippen LogP contribution in [0.1, 0.15) is 6.42 Å². The van der Waals surface area contributed by atoms with Gasteiger partial charge in [-0.05, 0) is 24.3 Å². The van der Waals surface area contributed by atoms with E-state index in [-0.39, 0.29) is 30.5 Å². The Morgan fingerprint density at radius 2 is 1.84 bits per heavy atom. The van der Waals surface area contributed by atoms with Crippen LogP contribution in [0, 0.1) is 0 Å². The SMILES string of the molecule is COC(=O)C1CC(Oc2ccc(OC)cc2)CN1.Cl. The summed E-state index contributed by atoms with van der Waals surface area (Å²) in [6, 6.07) is 7.12. The van der Waals surface area contributed by atoms with Gasteiger partial charge in [0.2, 0.25) is 0 Å². The molecule has 0 aromatic heterocycles. The maximum atomic E-state index is 11.3. The van der Waals surface area contributed by atoms with Crippen LogP contribution in [0.5, 0.6) is 11.5 Å². The summed E-state index contributed by atoms with van der Waals surface area (Å²) in [7, 11) is 3.01. The van der Waals surface area contributed by atoms with Gasteiger partial charge in [0.15, 0.2) is 0 Å². The zero-order chi connectivity index (χ0) is 13.0. The first-order valence-electron chi connectivity index (χ1n) is 5.85. The number of rotatable bonds is 4. The molecule has 2 rings (SSSR count). The van der Waals surface area contributed by atoms with Crippen LogP contribution in [0.2, 0.25) is 0 Å². The van der Waals surface area contributed by atoms with Crippen molar-refractivity contribution in [2.45, 2.75) is 18.6 Å². The smallest absolute Gasteiger partial charge is 0.323 e. The van der Waals surface area contributed by atoms with Crippen LogP contribution in [-0.2, 0) is 9.53 Å². The molecule has 1 N–H and O–H groups in total. The summed E-state index contributed by atoms with van der Waals surface area (Å²) in [4.78, 5) is 11.3. The number of nitrogens with one attached hydrogen (secondary N) is 1. The minimum absolute atomic E-state index is 0. The number of hydrogen-bond acceptors (Lipinski definition) is 5. The molecule has 0 amide bonds. The summed E-state index contributed by atoms with van der Waals surface area (Å²) in [5.41, 5.74) is 0. The molecule has 0 radical (unpaired) electrons. The van der Waals surface area contributed by atoms with Crippen LogP contribution < -0.4 is 14.8 Å². The molecule has 1 saturated heterocycles. The average molecular weight is 288 g/mol. The highest BCUT2D eigenvalue weighted by molar-refractivity contribution is 5.85. The third-order valence-electron chi connectivity index (χ3n) is 2.94. The van der Waals surface area contributed by atoms with Crippen molar-refractivity contribution in [2.24, 2.45) is 0 Å². The summed E-state index contributed by atoms with van der Waals surface area (Å²) in [5.74, 6) is 1.32. The highest BCUT2D eigenvalue weighted by Crippen LogP contribution is 2.21. The van der Waals surface area contributed by atoms with Crippen molar-refractivity contribution in [3.8, 4) is 11.5 Å². The maximum Gasteiger partial charge on any atom is 0.323 e. The number of carbonyl (C=O) groups is 1. The zero-order valence-corrected chi connectivity index (χ0v) is 11.7. The van der Waals surface area contributed by atoms with Crippen LogP contribution in [0.25, 0.3) is 0 Å². The van der Waals surface area contributed by atoms with Crippen LogP contribution in [0.3, 0.4) is 0 Å². The van der Waals surface area contributed by atoms with Gasteiger partial charge < -0.3 is 19.5 Å². The van der Waals surface area contributed by atoms with Crippen LogP contribution in [0.15, 0.2) is 24.3 Å². The molecule has 2 unspecified atom stereocenters. The molecule has 0 spiro atoms. The molecule has 19 heavy (non-hydrogen) atoms. The second-order valence-electron chi connectivity index (χ2n) is 4.14. The molecule has 1 fully saturated rings. The predicted octanol–water partition coefficient (Wildman–Crippen LogP) is 1.40. The molecule has 1 aromatic carbocycles. The fourth-order valence-corrected chi connectivity index (χ4v) is 1.96. The molecule has 0 saturated carbocycles. The number of ether oxygens (including phenoxy) is 3. The van der Waals surface area contributed by atoms with E-state index in [9.17, 15) is 4.79 Å². The number of carbonyl (C=O) groups excluding carboxylic acids is 1. The molecule has 106 valence electrons. The lowest BCUT2D eigenvalue weighted by atomic mass is 10.2. The van der Waals surface area contributed by atoms with Gasteiger partial charge in [-0.2, -0.15) is 0 Å². The van der Waals surface area contributed by atoms with Gasteiger partial charge in [0.05, 0.1) is 14.2 Å². The van der Waals surface area contributed by atoms with Gasteiger partial charge in [-0.3, -0.25) is 4.79 Å². The Bertz CT molecular complexity index is 410. The van der Waals surface area contributed by atoms with Gasteiger partial charge in [0.25, 0.3) is 0 Å². The molecule has 6 heteroatoms. The Balaban J connectivity index is 0.00000180. The second kappa shape index (κ2) is 7.21. The van der Waals surface area contributed by atoms with Gasteiger partial charge in [0, 0.05) is 13.0 Å². The van der Waals surface area contributed by atoms with Gasteiger partial charge in [-0.15, -0.1) is 12.4 Å². The summed E-state index contributed by atoms with van der Waals surface area (Å²) >= 11 is 0. The first-order chi connectivity index (χ1) is 8.72. The minimum Gasteiger partial charge on any atom is -0.497 e. The molecule has 1 aliphatic heterocycles. The first kappa shape index (κ1) is 15.6. The third-order valence-corrected chi connectivity index (χ3v) is 2.94. The van der Waals surface area contributed by atoms with Crippen LogP contribution in [0.4, 0.5) is 0 Å². The molecule has 0 bridgehead atoms. The van der Waals surface area contributed by atoms with E-state index in [0.717, 1.165) is 11.5 Å². The third kappa shape index (κ3) is 4.01. The van der Waals surface area contributed by atoms with E-state index < -0.39 is 0 Å². The summed E-state index contributed by atoms with van der Waals surface area (Å²) in [6.07, 6.45) is 0.612. The van der Waals surface area contributed by atoms with Crippen molar-refractivity contribution < 1.29 is 19.0 Å². The molecule has 1 aliphatic rings. The highest BCUT2D eigenvalue weighted by Gasteiger charge is 2.31. The Hall–Kier alpha value is -1.46. The molecular formula is C13H18ClNO4. The quantitative estimate of drug-likeness (QED) is 0.849. The van der Waals surface area contributed by atoms with Crippen molar-refractivity contribution in [1.82, 2.24) is 5.32 Å². The Morgan fingerprint density at radius 3 is 2.42 bits per heavy atom. The van der Waals surface area contributed by atoms with E-state index in [2.05, 4.69) is 10.1 Å². The first-order valence-corrected chi connectivity index (χ1v) is 5.85. The zero-order valence-electron chi connectivity index (χ0n) is 10.9. The van der Waals surface area contributed by atoms with Crippen molar-refractivity contribution in [3.05, 3.63) is 24.3 Å². The molecule has 0 aliphatic carbocycles. The fraction of sp³-hybridized carbons (Fsp3) is 0.462. The highest BCUT2D eigenvalue weighted by atomic mass is 35.5. The molecule has 1 aromatic rings. The topological polar surface area (TPSA) is 56.8 Å². The van der Waals surface area contributed by atoms with Crippen LogP contribution >= 0.6 is 12.4 Å². The number of hydrogen-bond donors (Lipinski definition) is 1. The van der Waals surface area contributed by atoms with Gasteiger partial charge in [-0.1, -0.05) is 0 Å². The van der Waals surface area contributed by atoms with Gasteiger partial charge in [0.1, 0.15) is 23.6 Å². The van der Waals surface area contributed by atoms with Crippen molar-refractivity contribution in [3.63, 3.8) is 0 Å². The largest absolute Gasteiger partial charge is 0.497 e. The molecular weight excluding hydrogens is 270 g/mol. The second-order valence-corrected chi connectivity index (χ2v) is 4.14. The van der Waals surface area contributed by atoms with Crippen molar-refractivity contribution in [2.75, 3.05) is 20.8 Å². The minimum atomic E-state index is -0.266. The van der Waals surface area contributed by atoms with E-state index in [1.54, 1.807) is 7.11 Å². The number of esters is 1. The van der Waals surface area contributed by atoms with Gasteiger partial charge in [-0.25, -0.2) is 0 Å². The Morgan fingerprint density at radius 1 is 1.21 bits per heavy atom. The van der Waals surface area contributed by atoms with Crippen molar-refractivity contribution >= 4 is 18.4 Å². The van der Waals surface area contributed by atoms with Gasteiger partial charge >= 0.3 is 5.97 Å². The number of halogens is 1. The summed E-state index contributed by atoms with van der Waals surface area (Å²) in [6.45, 7) is 0.645. The van der Waals surface area contributed by atoms with E-state index in [0.29, 0.717) is 13.0 Å². The molecule has 2 atom stereocenters. The molecule has 1 heterocycles. The lowest BCUT2D eigenvalue weighted by molar-refractivity contribution is -0.142. The Labute approximate surface area is 118 Å². The standard InChI is InChI=1S/C13H17NO4.ClH/c1-16-9-3-5-10(6-4-9)18-11-7-12(14-8-11)13(15)17-2;/h3-6,11-12,14H,7-8H2,1-2H3;1H. The summed E-state index contributed by atoms with van der Waals surface area (Å²) < 4.78 is 15.5. The van der Waals surface area contributed by atoms with E-state index >= 15 is 0 Å². The lowest BCUT2D eigenvalue weighted by Crippen LogP contribution is -2.31. The molecule has 5 nitrogen and oxygen atoms in total. The monoisotopic (exact) mass is 287 g/mol. The normalized spacial score (nSPS) is 21.4. The van der Waals surface area contributed by atoms with Crippen LogP contribution in [-0.4, -0.2) is 38.9 Å². The fourth-order valence-electron chi connectivity index (χ4n) is 1.96.